The van der Waals surface area contributed by atoms with E-state index in [4.69, 9.17) is 0 Å². The van der Waals surface area contributed by atoms with Gasteiger partial charge in [-0.2, -0.15) is 5.10 Å². The number of nitro groups is 1. The van der Waals surface area contributed by atoms with E-state index in [2.05, 4.69) is 10.4 Å². The van der Waals surface area contributed by atoms with Crippen molar-refractivity contribution in [1.29, 1.82) is 0 Å². The lowest BCUT2D eigenvalue weighted by atomic mass is 10.2. The van der Waals surface area contributed by atoms with Crippen LogP contribution in [0, 0.1) is 10.1 Å². The Balaban J connectivity index is 1.97. The number of carbonyl (C=O) groups excluding carboxylic acids is 1. The fraction of sp³-hybridized carbons (Fsp3) is 0.0769. The van der Waals surface area contributed by atoms with Crippen molar-refractivity contribution in [2.75, 3.05) is 5.32 Å². The number of anilines is 1. The molecule has 1 aromatic heterocycles. The molecule has 7 nitrogen and oxygen atoms in total. The highest BCUT2D eigenvalue weighted by molar-refractivity contribution is 6.01. The van der Waals surface area contributed by atoms with Gasteiger partial charge in [-0.15, -0.1) is 0 Å². The first-order valence-corrected chi connectivity index (χ1v) is 5.77. The number of rotatable bonds is 4. The molecule has 0 fully saturated rings. The number of aryl methyl sites for hydroxylation is 1. The highest BCUT2D eigenvalue weighted by Crippen LogP contribution is 2.15. The molecule has 0 atom stereocenters. The quantitative estimate of drug-likeness (QED) is 0.523. The summed E-state index contributed by atoms with van der Waals surface area (Å²) in [6.45, 7) is 0. The molecule has 1 heterocycles. The highest BCUT2D eigenvalue weighted by atomic mass is 16.6. The average molecular weight is 272 g/mol. The molecule has 0 aliphatic carbocycles. The summed E-state index contributed by atoms with van der Waals surface area (Å²) in [4.78, 5) is 21.7. The fourth-order valence-corrected chi connectivity index (χ4v) is 1.55. The number of non-ortho nitro benzene ring substituents is 1. The highest BCUT2D eigenvalue weighted by Gasteiger charge is 2.04. The van der Waals surface area contributed by atoms with E-state index in [0.29, 0.717) is 5.69 Å². The Labute approximate surface area is 114 Å². The molecule has 7 heteroatoms. The van der Waals surface area contributed by atoms with Crippen LogP contribution in [0.15, 0.2) is 42.7 Å². The summed E-state index contributed by atoms with van der Waals surface area (Å²) in [7, 11) is 1.79. The maximum Gasteiger partial charge on any atom is 0.269 e. The first kappa shape index (κ1) is 13.5. The van der Waals surface area contributed by atoms with Crippen LogP contribution < -0.4 is 5.32 Å². The van der Waals surface area contributed by atoms with Crippen molar-refractivity contribution in [1.82, 2.24) is 9.78 Å². The van der Waals surface area contributed by atoms with Crippen molar-refractivity contribution in [2.45, 2.75) is 0 Å². The van der Waals surface area contributed by atoms with E-state index in [0.717, 1.165) is 5.56 Å². The molecule has 2 rings (SSSR count). The second kappa shape index (κ2) is 5.79. The maximum atomic E-state index is 11.7. The Morgan fingerprint density at radius 3 is 2.65 bits per heavy atom. The molecule has 2 aromatic rings. The third kappa shape index (κ3) is 3.52. The molecular weight excluding hydrogens is 260 g/mol. The second-order valence-electron chi connectivity index (χ2n) is 4.07. The third-order valence-electron chi connectivity index (χ3n) is 2.50. The lowest BCUT2D eigenvalue weighted by molar-refractivity contribution is -0.384. The van der Waals surface area contributed by atoms with E-state index < -0.39 is 4.92 Å². The van der Waals surface area contributed by atoms with Gasteiger partial charge in [0.05, 0.1) is 11.1 Å². The van der Waals surface area contributed by atoms with Gasteiger partial charge in [0.25, 0.3) is 5.69 Å². The molecule has 0 radical (unpaired) electrons. The van der Waals surface area contributed by atoms with Crippen LogP contribution in [-0.4, -0.2) is 20.6 Å². The van der Waals surface area contributed by atoms with E-state index in [1.54, 1.807) is 30.2 Å². The van der Waals surface area contributed by atoms with Gasteiger partial charge in [-0.25, -0.2) is 0 Å². The van der Waals surface area contributed by atoms with E-state index in [1.807, 2.05) is 0 Å². The zero-order valence-corrected chi connectivity index (χ0v) is 10.7. The van der Waals surface area contributed by atoms with Gasteiger partial charge in [-0.05, 0) is 18.2 Å². The fourth-order valence-electron chi connectivity index (χ4n) is 1.55. The summed E-state index contributed by atoms with van der Waals surface area (Å²) in [6.07, 6.45) is 6.41. The van der Waals surface area contributed by atoms with Crippen molar-refractivity contribution in [3.8, 4) is 0 Å². The molecule has 0 unspecified atom stereocenters. The summed E-state index contributed by atoms with van der Waals surface area (Å²) in [5.41, 5.74) is 1.29. The Morgan fingerprint density at radius 2 is 2.10 bits per heavy atom. The third-order valence-corrected chi connectivity index (χ3v) is 2.50. The molecular formula is C13H12N4O3. The van der Waals surface area contributed by atoms with Crippen LogP contribution in [-0.2, 0) is 11.8 Å². The van der Waals surface area contributed by atoms with Gasteiger partial charge in [0, 0.05) is 42.7 Å². The van der Waals surface area contributed by atoms with Crippen molar-refractivity contribution in [3.63, 3.8) is 0 Å². The van der Waals surface area contributed by atoms with Gasteiger partial charge >= 0.3 is 0 Å². The minimum Gasteiger partial charge on any atom is -0.323 e. The Bertz CT molecular complexity index is 659. The van der Waals surface area contributed by atoms with Crippen LogP contribution in [0.4, 0.5) is 11.4 Å². The van der Waals surface area contributed by atoms with E-state index in [9.17, 15) is 14.9 Å². The number of nitrogens with one attached hydrogen (secondary N) is 1. The van der Waals surface area contributed by atoms with E-state index in [-0.39, 0.29) is 11.6 Å². The van der Waals surface area contributed by atoms with Gasteiger partial charge in [-0.1, -0.05) is 0 Å². The zero-order chi connectivity index (χ0) is 14.5. The number of hydrogen-bond donors (Lipinski definition) is 1. The second-order valence-corrected chi connectivity index (χ2v) is 4.07. The van der Waals surface area contributed by atoms with Crippen molar-refractivity contribution >= 4 is 23.4 Å². The van der Waals surface area contributed by atoms with E-state index in [1.165, 1.54) is 30.3 Å². The number of carbonyl (C=O) groups is 1. The summed E-state index contributed by atoms with van der Waals surface area (Å²) < 4.78 is 1.63. The molecule has 102 valence electrons. The zero-order valence-electron chi connectivity index (χ0n) is 10.7. The Morgan fingerprint density at radius 1 is 1.40 bits per heavy atom. The number of amides is 1. The molecule has 1 N–H and O–H groups in total. The molecule has 0 aliphatic heterocycles. The molecule has 20 heavy (non-hydrogen) atoms. The average Bonchev–Trinajstić information content (AvgIpc) is 2.83. The molecule has 0 spiro atoms. The van der Waals surface area contributed by atoms with Crippen LogP contribution in [0.25, 0.3) is 6.08 Å². The maximum absolute atomic E-state index is 11.7. The number of benzene rings is 1. The molecule has 1 amide bonds. The number of hydrogen-bond acceptors (Lipinski definition) is 4. The summed E-state index contributed by atoms with van der Waals surface area (Å²) >= 11 is 0. The van der Waals surface area contributed by atoms with Crippen LogP contribution in [0.5, 0.6) is 0 Å². The summed E-state index contributed by atoms with van der Waals surface area (Å²) in [6, 6.07) is 5.63. The smallest absolute Gasteiger partial charge is 0.269 e. The van der Waals surface area contributed by atoms with Gasteiger partial charge < -0.3 is 5.32 Å². The minimum absolute atomic E-state index is 0.0195. The van der Waals surface area contributed by atoms with Gasteiger partial charge in [0.2, 0.25) is 5.91 Å². The predicted molar refractivity (Wildman–Crippen MR) is 74.0 cm³/mol. The monoisotopic (exact) mass is 272 g/mol. The van der Waals surface area contributed by atoms with Crippen LogP contribution in [0.3, 0.4) is 0 Å². The number of nitro benzene ring substituents is 1. The predicted octanol–water partition coefficient (Wildman–Crippen LogP) is 1.98. The van der Waals surface area contributed by atoms with Gasteiger partial charge in [0.1, 0.15) is 0 Å². The van der Waals surface area contributed by atoms with Gasteiger partial charge in [-0.3, -0.25) is 19.6 Å². The molecule has 0 aliphatic rings. The van der Waals surface area contributed by atoms with Crippen LogP contribution >= 0.6 is 0 Å². The standard InChI is InChI=1S/C13H12N4O3/c1-16-9-10(8-14-16)2-7-13(18)15-11-3-5-12(6-4-11)17(19)20/h2-9H,1H3,(H,15,18)/b7-2+. The first-order valence-electron chi connectivity index (χ1n) is 5.77. The number of nitrogens with zero attached hydrogens (tertiary/aromatic N) is 3. The molecule has 0 bridgehead atoms. The van der Waals surface area contributed by atoms with E-state index >= 15 is 0 Å². The van der Waals surface area contributed by atoms with Crippen LogP contribution in [0.1, 0.15) is 5.56 Å². The Kier molecular flexibility index (Phi) is 3.90. The van der Waals surface area contributed by atoms with Crippen molar-refractivity contribution in [3.05, 3.63) is 58.4 Å². The number of aromatic nitrogens is 2. The first-order chi connectivity index (χ1) is 9.54. The minimum atomic E-state index is -0.492. The molecule has 1 aromatic carbocycles. The Hall–Kier alpha value is -2.96. The summed E-state index contributed by atoms with van der Waals surface area (Å²) in [5.74, 6) is -0.317. The molecule has 0 saturated carbocycles. The van der Waals surface area contributed by atoms with Gasteiger partial charge in [0.15, 0.2) is 0 Å². The topological polar surface area (TPSA) is 90.1 Å². The van der Waals surface area contributed by atoms with Crippen molar-refractivity contribution < 1.29 is 9.72 Å². The summed E-state index contributed by atoms with van der Waals surface area (Å²) in [5, 5.41) is 17.1. The lowest BCUT2D eigenvalue weighted by Crippen LogP contribution is -2.07. The SMILES string of the molecule is Cn1cc(/C=C/C(=O)Nc2ccc([N+](=O)[O-])cc2)cn1. The molecule has 0 saturated heterocycles. The van der Waals surface area contributed by atoms with Crippen molar-refractivity contribution in [2.24, 2.45) is 7.05 Å². The lowest BCUT2D eigenvalue weighted by Gasteiger charge is -2.00. The van der Waals surface area contributed by atoms with Crippen LogP contribution in [0.2, 0.25) is 0 Å². The largest absolute Gasteiger partial charge is 0.323 e. The normalized spacial score (nSPS) is 10.7.